The molecular weight excluding hydrogens is 406 g/mol. The van der Waals surface area contributed by atoms with Crippen molar-refractivity contribution in [2.45, 2.75) is 13.1 Å². The van der Waals surface area contributed by atoms with Gasteiger partial charge in [0.25, 0.3) is 5.91 Å². The molecule has 1 amide bonds. The van der Waals surface area contributed by atoms with E-state index in [0.29, 0.717) is 18.7 Å². The first-order valence-corrected chi connectivity index (χ1v) is 11.0. The van der Waals surface area contributed by atoms with Crippen LogP contribution < -0.4 is 10.6 Å². The molecule has 0 aliphatic carbocycles. The minimum Gasteiger partial charge on any atom is -0.365 e. The van der Waals surface area contributed by atoms with E-state index in [9.17, 15) is 4.79 Å². The third-order valence-corrected chi connectivity index (χ3v) is 5.80. The molecule has 2 heterocycles. The van der Waals surface area contributed by atoms with Crippen molar-refractivity contribution in [3.8, 4) is 11.1 Å². The van der Waals surface area contributed by atoms with E-state index in [4.69, 9.17) is 9.97 Å². The van der Waals surface area contributed by atoms with Gasteiger partial charge in [-0.2, -0.15) is 0 Å². The Balaban J connectivity index is 1.68. The zero-order valence-corrected chi connectivity index (χ0v) is 18.7. The summed E-state index contributed by atoms with van der Waals surface area (Å²) in [6.45, 7) is 1.27. The fourth-order valence-corrected chi connectivity index (χ4v) is 4.37. The van der Waals surface area contributed by atoms with Crippen LogP contribution in [-0.4, -0.2) is 41.9 Å². The molecule has 4 rings (SSSR count). The Bertz CT molecular complexity index is 1190. The molecule has 158 valence electrons. The van der Waals surface area contributed by atoms with Crippen LogP contribution in [0.2, 0.25) is 0 Å². The highest BCUT2D eigenvalue weighted by Crippen LogP contribution is 2.37. The monoisotopic (exact) mass is 431 g/mol. The van der Waals surface area contributed by atoms with Crippen molar-refractivity contribution in [2.24, 2.45) is 0 Å². The molecule has 0 aliphatic heterocycles. The number of aromatic nitrogens is 2. The maximum absolute atomic E-state index is 11.8. The fraction of sp³-hybridized carbons (Fsp3) is 0.208. The molecule has 0 bridgehead atoms. The van der Waals surface area contributed by atoms with Crippen LogP contribution in [0.15, 0.2) is 60.0 Å². The summed E-state index contributed by atoms with van der Waals surface area (Å²) in [4.78, 5) is 24.5. The van der Waals surface area contributed by atoms with Crippen LogP contribution in [0.4, 0.5) is 5.82 Å². The summed E-state index contributed by atoms with van der Waals surface area (Å²) in [6.07, 6.45) is 0. The number of benzene rings is 2. The Kier molecular flexibility index (Phi) is 6.25. The summed E-state index contributed by atoms with van der Waals surface area (Å²) in [5.74, 6) is 1.53. The van der Waals surface area contributed by atoms with E-state index in [1.807, 2.05) is 56.6 Å². The molecule has 0 spiro atoms. The Labute approximate surface area is 186 Å². The second kappa shape index (κ2) is 9.24. The lowest BCUT2D eigenvalue weighted by atomic mass is 10.1. The summed E-state index contributed by atoms with van der Waals surface area (Å²) in [6, 6.07) is 17.9. The van der Waals surface area contributed by atoms with E-state index in [1.165, 1.54) is 0 Å². The Hall–Kier alpha value is -3.29. The van der Waals surface area contributed by atoms with Gasteiger partial charge in [-0.1, -0.05) is 42.5 Å². The lowest BCUT2D eigenvalue weighted by molar-refractivity contribution is 0.0963. The van der Waals surface area contributed by atoms with Crippen molar-refractivity contribution >= 4 is 33.3 Å². The lowest BCUT2D eigenvalue weighted by Gasteiger charge is -2.13. The van der Waals surface area contributed by atoms with Crippen LogP contribution in [-0.2, 0) is 13.1 Å². The first-order chi connectivity index (χ1) is 15.0. The van der Waals surface area contributed by atoms with Gasteiger partial charge in [-0.05, 0) is 37.4 Å². The molecule has 7 heteroatoms. The average molecular weight is 432 g/mol. The fourth-order valence-electron chi connectivity index (χ4n) is 3.40. The maximum atomic E-state index is 11.8. The maximum Gasteiger partial charge on any atom is 0.251 e. The average Bonchev–Trinajstić information content (AvgIpc) is 3.21. The second-order valence-corrected chi connectivity index (χ2v) is 8.41. The Morgan fingerprint density at radius 2 is 1.77 bits per heavy atom. The molecule has 0 saturated heterocycles. The minimum absolute atomic E-state index is 0.0869. The molecule has 0 radical (unpaired) electrons. The van der Waals surface area contributed by atoms with E-state index >= 15 is 0 Å². The van der Waals surface area contributed by atoms with Gasteiger partial charge in [0.05, 0.1) is 11.9 Å². The molecule has 0 fully saturated rings. The molecule has 2 N–H and O–H groups in total. The number of hydrogen-bond donors (Lipinski definition) is 2. The number of anilines is 1. The molecular formula is C24H25N5OS. The number of thiophene rings is 1. The zero-order chi connectivity index (χ0) is 21.8. The van der Waals surface area contributed by atoms with Gasteiger partial charge >= 0.3 is 0 Å². The molecule has 2 aromatic heterocycles. The number of nitrogens with zero attached hydrogens (tertiary/aromatic N) is 3. The lowest BCUT2D eigenvalue weighted by Crippen LogP contribution is -2.17. The summed E-state index contributed by atoms with van der Waals surface area (Å²) in [7, 11) is 5.66. The van der Waals surface area contributed by atoms with Gasteiger partial charge in [-0.3, -0.25) is 4.79 Å². The molecule has 6 nitrogen and oxygen atoms in total. The van der Waals surface area contributed by atoms with Gasteiger partial charge in [0, 0.05) is 30.1 Å². The van der Waals surface area contributed by atoms with Crippen molar-refractivity contribution in [1.29, 1.82) is 0 Å². The van der Waals surface area contributed by atoms with Gasteiger partial charge in [-0.15, -0.1) is 11.3 Å². The Morgan fingerprint density at radius 3 is 2.45 bits per heavy atom. The molecule has 0 aliphatic rings. The molecule has 0 atom stereocenters. The number of fused-ring (bicyclic) bond motifs is 1. The SMILES string of the molecule is CNC(=O)c1ccc(CNc2nc(CN(C)C)nc3scc(-c4ccccc4)c23)cc1. The van der Waals surface area contributed by atoms with E-state index in [0.717, 1.165) is 38.5 Å². The predicted molar refractivity (Wildman–Crippen MR) is 127 cm³/mol. The number of hydrogen-bond acceptors (Lipinski definition) is 6. The molecule has 31 heavy (non-hydrogen) atoms. The van der Waals surface area contributed by atoms with Crippen molar-refractivity contribution in [2.75, 3.05) is 26.5 Å². The minimum atomic E-state index is -0.0869. The van der Waals surface area contributed by atoms with E-state index in [2.05, 4.69) is 33.0 Å². The number of amides is 1. The topological polar surface area (TPSA) is 70.2 Å². The molecule has 4 aromatic rings. The van der Waals surface area contributed by atoms with Crippen LogP contribution in [0, 0.1) is 0 Å². The molecule has 0 saturated carbocycles. The number of carbonyl (C=O) groups excluding carboxylic acids is 1. The summed E-state index contributed by atoms with van der Waals surface area (Å²) in [5.41, 5.74) is 4.00. The van der Waals surface area contributed by atoms with Gasteiger partial charge in [0.2, 0.25) is 0 Å². The first-order valence-electron chi connectivity index (χ1n) is 10.1. The predicted octanol–water partition coefficient (Wildman–Crippen LogP) is 4.39. The van der Waals surface area contributed by atoms with Crippen molar-refractivity contribution in [1.82, 2.24) is 20.2 Å². The van der Waals surface area contributed by atoms with Crippen LogP contribution >= 0.6 is 11.3 Å². The summed E-state index contributed by atoms with van der Waals surface area (Å²) >= 11 is 1.64. The second-order valence-electron chi connectivity index (χ2n) is 7.55. The first kappa shape index (κ1) is 21.0. The van der Waals surface area contributed by atoms with Crippen LogP contribution in [0.3, 0.4) is 0 Å². The summed E-state index contributed by atoms with van der Waals surface area (Å²) in [5, 5.41) is 9.35. The van der Waals surface area contributed by atoms with Gasteiger partial charge in [0.15, 0.2) is 0 Å². The van der Waals surface area contributed by atoms with Crippen molar-refractivity contribution in [3.63, 3.8) is 0 Å². The highest BCUT2D eigenvalue weighted by Gasteiger charge is 2.16. The van der Waals surface area contributed by atoms with Crippen LogP contribution in [0.1, 0.15) is 21.7 Å². The third kappa shape index (κ3) is 4.73. The smallest absolute Gasteiger partial charge is 0.251 e. The summed E-state index contributed by atoms with van der Waals surface area (Å²) < 4.78 is 0. The number of rotatable bonds is 7. The van der Waals surface area contributed by atoms with E-state index in [1.54, 1.807) is 18.4 Å². The van der Waals surface area contributed by atoms with E-state index in [-0.39, 0.29) is 5.91 Å². The van der Waals surface area contributed by atoms with E-state index < -0.39 is 0 Å². The normalized spacial score (nSPS) is 11.1. The van der Waals surface area contributed by atoms with Crippen molar-refractivity contribution in [3.05, 3.63) is 76.9 Å². The third-order valence-electron chi connectivity index (χ3n) is 4.93. The quantitative estimate of drug-likeness (QED) is 0.454. The number of carbonyl (C=O) groups is 1. The van der Waals surface area contributed by atoms with Crippen molar-refractivity contribution < 1.29 is 4.79 Å². The molecule has 0 unspecified atom stereocenters. The number of nitrogens with one attached hydrogen (secondary N) is 2. The molecule has 2 aromatic carbocycles. The largest absolute Gasteiger partial charge is 0.365 e. The van der Waals surface area contributed by atoms with Gasteiger partial charge < -0.3 is 15.5 Å². The zero-order valence-electron chi connectivity index (χ0n) is 17.8. The highest BCUT2D eigenvalue weighted by molar-refractivity contribution is 7.17. The standard InChI is InChI=1S/C24H25N5OS/c1-25-23(30)18-11-9-16(10-12-18)13-26-22-21-19(17-7-5-4-6-8-17)15-31-24(21)28-20(27-22)14-29(2)3/h4-12,15H,13-14H2,1-3H3,(H,25,30)(H,26,27,28). The van der Waals surface area contributed by atoms with Gasteiger partial charge in [0.1, 0.15) is 16.5 Å². The van der Waals surface area contributed by atoms with Crippen LogP contribution in [0.25, 0.3) is 21.3 Å². The Morgan fingerprint density at radius 1 is 1.03 bits per heavy atom. The highest BCUT2D eigenvalue weighted by atomic mass is 32.1. The van der Waals surface area contributed by atoms with Crippen LogP contribution in [0.5, 0.6) is 0 Å². The van der Waals surface area contributed by atoms with Gasteiger partial charge in [-0.25, -0.2) is 9.97 Å².